The molecular formula is C20H19ClF2N4O3. The van der Waals surface area contributed by atoms with Crippen molar-refractivity contribution in [3.8, 4) is 11.3 Å². The first-order valence-corrected chi connectivity index (χ1v) is 9.08. The number of hydrogen-bond donors (Lipinski definition) is 3. The first-order valence-electron chi connectivity index (χ1n) is 9.08. The Morgan fingerprint density at radius 2 is 2.10 bits per heavy atom. The number of H-pyrrole nitrogens is 1. The van der Waals surface area contributed by atoms with E-state index in [1.165, 1.54) is 12.1 Å². The summed E-state index contributed by atoms with van der Waals surface area (Å²) in [7, 11) is 0. The molecule has 1 aliphatic heterocycles. The number of aromatic amines is 1. The van der Waals surface area contributed by atoms with Crippen LogP contribution in [0.3, 0.4) is 0 Å². The van der Waals surface area contributed by atoms with Crippen LogP contribution in [-0.4, -0.2) is 46.7 Å². The fourth-order valence-corrected chi connectivity index (χ4v) is 3.70. The van der Waals surface area contributed by atoms with Crippen LogP contribution in [0.15, 0.2) is 35.4 Å². The molecule has 7 nitrogen and oxygen atoms in total. The molecular weight excluding hydrogens is 418 g/mol. The fourth-order valence-electron chi connectivity index (χ4n) is 3.70. The van der Waals surface area contributed by atoms with Gasteiger partial charge in [-0.3, -0.25) is 9.78 Å². The minimum atomic E-state index is -1.41. The molecule has 10 heteroatoms. The van der Waals surface area contributed by atoms with Crippen molar-refractivity contribution in [1.29, 1.82) is 0 Å². The van der Waals surface area contributed by atoms with Crippen molar-refractivity contribution in [2.24, 2.45) is 0 Å². The van der Waals surface area contributed by atoms with Gasteiger partial charge < -0.3 is 20.3 Å². The van der Waals surface area contributed by atoms with Crippen LogP contribution in [0.2, 0.25) is 0 Å². The summed E-state index contributed by atoms with van der Waals surface area (Å²) in [6.45, 7) is 3.66. The number of aromatic nitrogens is 2. The molecule has 1 aromatic carbocycles. The minimum absolute atomic E-state index is 0. The second kappa shape index (κ2) is 8.37. The van der Waals surface area contributed by atoms with E-state index in [2.05, 4.69) is 15.3 Å². The quantitative estimate of drug-likeness (QED) is 0.584. The van der Waals surface area contributed by atoms with Gasteiger partial charge in [-0.25, -0.2) is 13.6 Å². The third-order valence-electron chi connectivity index (χ3n) is 5.00. The third-order valence-corrected chi connectivity index (χ3v) is 5.00. The number of hydrogen-bond acceptors (Lipinski definition) is 5. The van der Waals surface area contributed by atoms with Crippen LogP contribution in [-0.2, 0) is 0 Å². The van der Waals surface area contributed by atoms with E-state index < -0.39 is 28.6 Å². The molecule has 0 saturated carbocycles. The highest BCUT2D eigenvalue weighted by Crippen LogP contribution is 2.38. The average Bonchev–Trinajstić information content (AvgIpc) is 2.68. The van der Waals surface area contributed by atoms with Crippen LogP contribution in [0.5, 0.6) is 0 Å². The fraction of sp³-hybridized carbons (Fsp3) is 0.250. The van der Waals surface area contributed by atoms with Crippen LogP contribution in [0.1, 0.15) is 17.3 Å². The van der Waals surface area contributed by atoms with Gasteiger partial charge in [-0.05, 0) is 25.1 Å². The molecule has 0 amide bonds. The summed E-state index contributed by atoms with van der Waals surface area (Å²) in [6.07, 6.45) is 2.10. The van der Waals surface area contributed by atoms with Gasteiger partial charge in [-0.1, -0.05) is 0 Å². The van der Waals surface area contributed by atoms with Gasteiger partial charge in [0.1, 0.15) is 17.2 Å². The molecule has 3 aromatic rings. The van der Waals surface area contributed by atoms with Gasteiger partial charge in [-0.15, -0.1) is 12.4 Å². The average molecular weight is 437 g/mol. The summed E-state index contributed by atoms with van der Waals surface area (Å²) in [5, 5.41) is 12.4. The number of nitrogens with zero attached hydrogens (tertiary/aromatic N) is 2. The lowest BCUT2D eigenvalue weighted by Crippen LogP contribution is -2.49. The molecule has 1 fully saturated rings. The zero-order chi connectivity index (χ0) is 20.7. The molecule has 0 spiro atoms. The predicted octanol–water partition coefficient (Wildman–Crippen LogP) is 2.79. The maximum atomic E-state index is 15.3. The van der Waals surface area contributed by atoms with Gasteiger partial charge in [0.05, 0.1) is 34.0 Å². The Hall–Kier alpha value is -3.04. The van der Waals surface area contributed by atoms with E-state index >= 15 is 4.39 Å². The first kappa shape index (κ1) is 21.7. The molecule has 0 radical (unpaired) electrons. The number of carboxylic acid groups (broad SMARTS) is 1. The smallest absolute Gasteiger partial charge is 0.341 e. The summed E-state index contributed by atoms with van der Waals surface area (Å²) < 4.78 is 28.7. The lowest BCUT2D eigenvalue weighted by molar-refractivity contribution is 0.0695. The molecule has 1 saturated heterocycles. The lowest BCUT2D eigenvalue weighted by atomic mass is 10.00. The van der Waals surface area contributed by atoms with Gasteiger partial charge in [0, 0.05) is 31.9 Å². The van der Waals surface area contributed by atoms with Gasteiger partial charge >= 0.3 is 5.97 Å². The highest BCUT2D eigenvalue weighted by molar-refractivity contribution is 6.02. The molecule has 1 unspecified atom stereocenters. The molecule has 3 heterocycles. The number of piperazine rings is 1. The van der Waals surface area contributed by atoms with Crippen LogP contribution < -0.4 is 15.6 Å². The van der Waals surface area contributed by atoms with E-state index in [0.717, 1.165) is 18.5 Å². The van der Waals surface area contributed by atoms with Gasteiger partial charge in [0.2, 0.25) is 5.43 Å². The number of nitrogens with one attached hydrogen (secondary N) is 2. The number of pyridine rings is 2. The number of anilines is 1. The van der Waals surface area contributed by atoms with Crippen LogP contribution >= 0.6 is 12.4 Å². The normalized spacial score (nSPS) is 16.4. The molecule has 2 aromatic heterocycles. The zero-order valence-electron chi connectivity index (χ0n) is 15.9. The third kappa shape index (κ3) is 3.73. The molecule has 1 atom stereocenters. The maximum Gasteiger partial charge on any atom is 0.341 e. The Labute approximate surface area is 176 Å². The van der Waals surface area contributed by atoms with E-state index in [9.17, 15) is 19.1 Å². The molecule has 0 bridgehead atoms. The molecule has 1 aliphatic rings. The van der Waals surface area contributed by atoms with E-state index in [-0.39, 0.29) is 40.7 Å². The second-order valence-corrected chi connectivity index (χ2v) is 7.00. The Morgan fingerprint density at radius 1 is 1.33 bits per heavy atom. The largest absolute Gasteiger partial charge is 0.477 e. The van der Waals surface area contributed by atoms with Crippen LogP contribution in [0.25, 0.3) is 22.2 Å². The second-order valence-electron chi connectivity index (χ2n) is 7.00. The summed E-state index contributed by atoms with van der Waals surface area (Å²) in [6, 6.07) is 3.77. The van der Waals surface area contributed by atoms with Crippen molar-refractivity contribution in [2.75, 3.05) is 24.5 Å². The standard InChI is InChI=1S/C20H18F2N4O3.ClH/c1-10-9-26(5-4-23-10)18-14(22)6-12-17(25-8-13(19(12)27)20(28)29)16(18)15-3-2-11(21)7-24-15;/h2-3,6-8,10,23H,4-5,9H2,1H3,(H,25,27)(H,28,29);1H. The van der Waals surface area contributed by atoms with Crippen molar-refractivity contribution in [2.45, 2.75) is 13.0 Å². The number of carboxylic acids is 1. The summed E-state index contributed by atoms with van der Waals surface area (Å²) in [5.41, 5.74) is -0.225. The molecule has 3 N–H and O–H groups in total. The zero-order valence-corrected chi connectivity index (χ0v) is 16.7. The van der Waals surface area contributed by atoms with Gasteiger partial charge in [0.25, 0.3) is 0 Å². The Morgan fingerprint density at radius 3 is 2.73 bits per heavy atom. The SMILES string of the molecule is CC1CN(c2c(F)cc3c(=O)c(C(=O)O)c[nH]c3c2-c2ccc(F)cn2)CCN1.Cl. The molecule has 30 heavy (non-hydrogen) atoms. The van der Waals surface area contributed by atoms with E-state index in [1.807, 2.05) is 11.8 Å². The van der Waals surface area contributed by atoms with Crippen LogP contribution in [0.4, 0.5) is 14.5 Å². The number of benzene rings is 1. The number of rotatable bonds is 3. The molecule has 4 rings (SSSR count). The predicted molar refractivity (Wildman–Crippen MR) is 112 cm³/mol. The van der Waals surface area contributed by atoms with Gasteiger partial charge in [-0.2, -0.15) is 0 Å². The van der Waals surface area contributed by atoms with Crippen molar-refractivity contribution in [3.63, 3.8) is 0 Å². The maximum absolute atomic E-state index is 15.3. The highest BCUT2D eigenvalue weighted by Gasteiger charge is 2.26. The highest BCUT2D eigenvalue weighted by atomic mass is 35.5. The number of aromatic carboxylic acids is 1. The van der Waals surface area contributed by atoms with Crippen molar-refractivity contribution < 1.29 is 18.7 Å². The molecule has 0 aliphatic carbocycles. The van der Waals surface area contributed by atoms with Gasteiger partial charge in [0.15, 0.2) is 0 Å². The van der Waals surface area contributed by atoms with Crippen molar-refractivity contribution in [3.05, 3.63) is 58.0 Å². The first-order chi connectivity index (χ1) is 13.9. The number of carbonyl (C=O) groups is 1. The lowest BCUT2D eigenvalue weighted by Gasteiger charge is -2.35. The number of halogens is 3. The van der Waals surface area contributed by atoms with E-state index in [0.29, 0.717) is 25.2 Å². The van der Waals surface area contributed by atoms with Crippen LogP contribution in [0, 0.1) is 11.6 Å². The van der Waals surface area contributed by atoms with Crippen molar-refractivity contribution in [1.82, 2.24) is 15.3 Å². The summed E-state index contributed by atoms with van der Waals surface area (Å²) in [4.78, 5) is 32.7. The summed E-state index contributed by atoms with van der Waals surface area (Å²) >= 11 is 0. The Balaban J connectivity index is 0.00000256. The topological polar surface area (TPSA) is 98.3 Å². The monoisotopic (exact) mass is 436 g/mol. The Bertz CT molecular complexity index is 1170. The number of fused-ring (bicyclic) bond motifs is 1. The van der Waals surface area contributed by atoms with E-state index in [1.54, 1.807) is 0 Å². The Kier molecular flexibility index (Phi) is 6.04. The van der Waals surface area contributed by atoms with E-state index in [4.69, 9.17) is 0 Å². The van der Waals surface area contributed by atoms with Crippen molar-refractivity contribution >= 4 is 35.0 Å². The summed E-state index contributed by atoms with van der Waals surface area (Å²) in [5.74, 6) is -2.62. The minimum Gasteiger partial charge on any atom is -0.477 e. The molecule has 158 valence electrons.